The Bertz CT molecular complexity index is 556. The Balaban J connectivity index is 1.87. The molecule has 3 N–H and O–H groups in total. The van der Waals surface area contributed by atoms with Gasteiger partial charge in [-0.2, -0.15) is 10.2 Å². The summed E-state index contributed by atoms with van der Waals surface area (Å²) >= 11 is 0. The second-order valence-electron chi connectivity index (χ2n) is 4.14. The molecule has 7 nitrogen and oxygen atoms in total. The van der Waals surface area contributed by atoms with Gasteiger partial charge in [0.25, 0.3) is 5.91 Å². The first kappa shape index (κ1) is 12.2. The van der Waals surface area contributed by atoms with Gasteiger partial charge in [-0.25, -0.2) is 0 Å². The molecule has 2 aromatic rings. The van der Waals surface area contributed by atoms with E-state index in [0.29, 0.717) is 18.8 Å². The summed E-state index contributed by atoms with van der Waals surface area (Å²) in [5.74, 6) is -0.267. The van der Waals surface area contributed by atoms with Crippen molar-refractivity contribution in [3.63, 3.8) is 0 Å². The summed E-state index contributed by atoms with van der Waals surface area (Å²) in [5, 5.41) is 10.9. The topological polar surface area (TPSA) is 90.8 Å². The molecule has 2 rings (SSSR count). The van der Waals surface area contributed by atoms with Gasteiger partial charge in [-0.05, 0) is 12.5 Å². The van der Waals surface area contributed by atoms with Gasteiger partial charge in [-0.15, -0.1) is 0 Å². The van der Waals surface area contributed by atoms with Crippen LogP contribution in [-0.4, -0.2) is 32.0 Å². The zero-order valence-corrected chi connectivity index (χ0v) is 10.4. The lowest BCUT2D eigenvalue weighted by atomic mass is 10.3. The molecule has 0 saturated carbocycles. The van der Waals surface area contributed by atoms with Gasteiger partial charge in [-0.1, -0.05) is 0 Å². The smallest absolute Gasteiger partial charge is 0.274 e. The van der Waals surface area contributed by atoms with Crippen LogP contribution < -0.4 is 11.1 Å². The highest BCUT2D eigenvalue weighted by Crippen LogP contribution is 2.07. The van der Waals surface area contributed by atoms with E-state index in [2.05, 4.69) is 15.5 Å². The van der Waals surface area contributed by atoms with E-state index in [1.807, 2.05) is 13.1 Å². The Labute approximate surface area is 105 Å². The third-order valence-electron chi connectivity index (χ3n) is 2.46. The van der Waals surface area contributed by atoms with E-state index in [1.165, 1.54) is 4.68 Å². The number of aryl methyl sites for hydroxylation is 2. The van der Waals surface area contributed by atoms with E-state index in [9.17, 15) is 4.79 Å². The number of anilines is 1. The fraction of sp³-hybridized carbons (Fsp3) is 0.364. The van der Waals surface area contributed by atoms with Crippen LogP contribution in [0.15, 0.2) is 18.6 Å². The van der Waals surface area contributed by atoms with Crippen LogP contribution in [0.5, 0.6) is 0 Å². The highest BCUT2D eigenvalue weighted by atomic mass is 16.2. The minimum Gasteiger partial charge on any atom is -0.396 e. The molecule has 0 aliphatic carbocycles. The molecule has 18 heavy (non-hydrogen) atoms. The number of aromatic nitrogens is 4. The maximum atomic E-state index is 11.8. The summed E-state index contributed by atoms with van der Waals surface area (Å²) in [5.41, 5.74) is 7.40. The molecule has 0 bridgehead atoms. The van der Waals surface area contributed by atoms with Crippen LogP contribution in [0, 0.1) is 6.92 Å². The zero-order chi connectivity index (χ0) is 13.1. The third kappa shape index (κ3) is 2.68. The number of rotatable bonds is 4. The molecule has 2 heterocycles. The van der Waals surface area contributed by atoms with Gasteiger partial charge in [0.15, 0.2) is 5.69 Å². The predicted octanol–water partition coefficient (Wildman–Crippen LogP) is -0.0628. The van der Waals surface area contributed by atoms with Crippen molar-refractivity contribution in [2.75, 3.05) is 12.3 Å². The van der Waals surface area contributed by atoms with E-state index >= 15 is 0 Å². The van der Waals surface area contributed by atoms with Crippen LogP contribution in [-0.2, 0) is 13.6 Å². The first-order valence-electron chi connectivity index (χ1n) is 5.62. The van der Waals surface area contributed by atoms with Crippen molar-refractivity contribution in [2.45, 2.75) is 13.5 Å². The lowest BCUT2D eigenvalue weighted by Crippen LogP contribution is -2.28. The summed E-state index contributed by atoms with van der Waals surface area (Å²) in [6.45, 7) is 3.07. The molecule has 0 aliphatic heterocycles. The summed E-state index contributed by atoms with van der Waals surface area (Å²) in [7, 11) is 1.72. The molecular weight excluding hydrogens is 232 g/mol. The molecule has 0 radical (unpaired) electrons. The van der Waals surface area contributed by atoms with Crippen molar-refractivity contribution in [1.29, 1.82) is 0 Å². The Morgan fingerprint density at radius 2 is 2.28 bits per heavy atom. The second-order valence-corrected chi connectivity index (χ2v) is 4.14. The van der Waals surface area contributed by atoms with Crippen LogP contribution in [0.25, 0.3) is 0 Å². The first-order valence-corrected chi connectivity index (χ1v) is 5.62. The summed E-state index contributed by atoms with van der Waals surface area (Å²) in [4.78, 5) is 11.8. The van der Waals surface area contributed by atoms with Crippen LogP contribution >= 0.6 is 0 Å². The van der Waals surface area contributed by atoms with E-state index in [4.69, 9.17) is 5.73 Å². The molecule has 0 unspecified atom stereocenters. The molecule has 7 heteroatoms. The van der Waals surface area contributed by atoms with Crippen LogP contribution in [0.4, 0.5) is 5.69 Å². The average molecular weight is 248 g/mol. The van der Waals surface area contributed by atoms with E-state index in [-0.39, 0.29) is 11.6 Å². The number of nitrogens with one attached hydrogen (secondary N) is 1. The van der Waals surface area contributed by atoms with Crippen LogP contribution in [0.2, 0.25) is 0 Å². The van der Waals surface area contributed by atoms with Crippen molar-refractivity contribution in [3.05, 3.63) is 29.8 Å². The number of carbonyl (C=O) groups is 1. The lowest BCUT2D eigenvalue weighted by molar-refractivity contribution is 0.0947. The molecule has 0 spiro atoms. The van der Waals surface area contributed by atoms with Crippen molar-refractivity contribution in [2.24, 2.45) is 7.05 Å². The minimum absolute atomic E-state index is 0.258. The van der Waals surface area contributed by atoms with Crippen molar-refractivity contribution >= 4 is 11.6 Å². The van der Waals surface area contributed by atoms with Gasteiger partial charge in [0.1, 0.15) is 0 Å². The molecule has 0 fully saturated rings. The van der Waals surface area contributed by atoms with Gasteiger partial charge < -0.3 is 11.1 Å². The molecule has 2 aromatic heterocycles. The van der Waals surface area contributed by atoms with E-state index < -0.39 is 0 Å². The number of carbonyl (C=O) groups excluding carboxylic acids is 1. The number of nitrogens with zero attached hydrogens (tertiary/aromatic N) is 4. The Morgan fingerprint density at radius 1 is 1.50 bits per heavy atom. The van der Waals surface area contributed by atoms with Gasteiger partial charge in [-0.3, -0.25) is 14.2 Å². The Hall–Kier alpha value is -2.31. The van der Waals surface area contributed by atoms with Crippen LogP contribution in [0.1, 0.15) is 16.1 Å². The van der Waals surface area contributed by atoms with Crippen molar-refractivity contribution < 1.29 is 4.79 Å². The molecule has 1 amide bonds. The van der Waals surface area contributed by atoms with Gasteiger partial charge in [0.05, 0.1) is 18.4 Å². The van der Waals surface area contributed by atoms with Gasteiger partial charge in [0, 0.05) is 26.0 Å². The maximum Gasteiger partial charge on any atom is 0.274 e. The first-order chi connectivity index (χ1) is 8.56. The second kappa shape index (κ2) is 4.91. The van der Waals surface area contributed by atoms with Gasteiger partial charge >= 0.3 is 0 Å². The van der Waals surface area contributed by atoms with Gasteiger partial charge in [0.2, 0.25) is 0 Å². The minimum atomic E-state index is -0.267. The fourth-order valence-corrected chi connectivity index (χ4v) is 1.64. The SMILES string of the molecule is Cc1cnn(CCNC(=O)c2nn(C)cc2N)c1. The number of amides is 1. The molecular formula is C11H16N6O. The molecule has 96 valence electrons. The molecule has 0 aromatic carbocycles. The molecule has 0 atom stereocenters. The molecule has 0 aliphatic rings. The molecule has 0 saturated heterocycles. The number of nitrogens with two attached hydrogens (primary N) is 1. The number of hydrogen-bond acceptors (Lipinski definition) is 4. The standard InChI is InChI=1S/C11H16N6O/c1-8-5-14-17(6-8)4-3-13-11(18)10-9(12)7-16(2)15-10/h5-7H,3-4,12H2,1-2H3,(H,13,18). The van der Waals surface area contributed by atoms with Crippen molar-refractivity contribution in [1.82, 2.24) is 24.9 Å². The predicted molar refractivity (Wildman–Crippen MR) is 66.9 cm³/mol. The average Bonchev–Trinajstić information content (AvgIpc) is 2.85. The monoisotopic (exact) mass is 248 g/mol. The fourth-order valence-electron chi connectivity index (χ4n) is 1.64. The summed E-state index contributed by atoms with van der Waals surface area (Å²) < 4.78 is 3.29. The zero-order valence-electron chi connectivity index (χ0n) is 10.4. The third-order valence-corrected chi connectivity index (χ3v) is 2.46. The van der Waals surface area contributed by atoms with Crippen LogP contribution in [0.3, 0.4) is 0 Å². The Morgan fingerprint density at radius 3 is 2.83 bits per heavy atom. The Kier molecular flexibility index (Phi) is 3.31. The van der Waals surface area contributed by atoms with Crippen molar-refractivity contribution in [3.8, 4) is 0 Å². The summed E-state index contributed by atoms with van der Waals surface area (Å²) in [6, 6.07) is 0. The number of hydrogen-bond donors (Lipinski definition) is 2. The lowest BCUT2D eigenvalue weighted by Gasteiger charge is -2.04. The highest BCUT2D eigenvalue weighted by Gasteiger charge is 2.13. The normalized spacial score (nSPS) is 10.6. The maximum absolute atomic E-state index is 11.8. The van der Waals surface area contributed by atoms with E-state index in [1.54, 1.807) is 24.1 Å². The quantitative estimate of drug-likeness (QED) is 0.793. The highest BCUT2D eigenvalue weighted by molar-refractivity contribution is 5.96. The van der Waals surface area contributed by atoms with E-state index in [0.717, 1.165) is 5.56 Å². The summed E-state index contributed by atoms with van der Waals surface area (Å²) in [6.07, 6.45) is 5.30. The number of nitrogen functional groups attached to an aromatic ring is 1. The largest absolute Gasteiger partial charge is 0.396 e.